The van der Waals surface area contributed by atoms with E-state index in [2.05, 4.69) is 5.32 Å². The number of anilines is 1. The Labute approximate surface area is 269 Å². The SMILES string of the molecule is COCC[N+]1=C(/C=C/C=C2/Nc3ccc(S(=O)(=O)O)cc3C2(C)CCOC)C(C)(CCCS(=O)(=O)O)c2cc(S(=O)(=O)O)ccc21. The lowest BCUT2D eigenvalue weighted by molar-refractivity contribution is -0.441. The van der Waals surface area contributed by atoms with Gasteiger partial charge in [-0.3, -0.25) is 13.7 Å². The third kappa shape index (κ3) is 7.44. The second kappa shape index (κ2) is 13.3. The molecule has 2 aromatic carbocycles. The monoisotopic (exact) mass is 699 g/mol. The zero-order valence-corrected chi connectivity index (χ0v) is 28.4. The summed E-state index contributed by atoms with van der Waals surface area (Å²) in [6.07, 6.45) is 6.19. The van der Waals surface area contributed by atoms with Crippen molar-refractivity contribution in [3.63, 3.8) is 0 Å². The first-order valence-electron chi connectivity index (χ1n) is 14.3. The van der Waals surface area contributed by atoms with E-state index >= 15 is 0 Å². The molecule has 0 radical (unpaired) electrons. The van der Waals surface area contributed by atoms with Gasteiger partial charge in [0.2, 0.25) is 5.69 Å². The normalized spacial score (nSPS) is 22.5. The Balaban J connectivity index is 1.84. The molecule has 2 aliphatic rings. The summed E-state index contributed by atoms with van der Waals surface area (Å²) in [5, 5.41) is 3.34. The lowest BCUT2D eigenvalue weighted by atomic mass is 9.75. The van der Waals surface area contributed by atoms with Gasteiger partial charge in [0, 0.05) is 55.3 Å². The van der Waals surface area contributed by atoms with Crippen molar-refractivity contribution in [1.29, 1.82) is 0 Å². The van der Waals surface area contributed by atoms with E-state index in [0.717, 1.165) is 5.70 Å². The maximum atomic E-state index is 12.1. The molecule has 0 aromatic heterocycles. The second-order valence-corrected chi connectivity index (χ2v) is 16.1. The van der Waals surface area contributed by atoms with Crippen LogP contribution in [-0.4, -0.2) is 88.9 Å². The first-order valence-corrected chi connectivity index (χ1v) is 18.8. The molecule has 0 bridgehead atoms. The number of allylic oxidation sites excluding steroid dienone is 4. The predicted octanol–water partition coefficient (Wildman–Crippen LogP) is 3.71. The largest absolute Gasteiger partial charge is 0.385 e. The zero-order chi connectivity index (χ0) is 34.1. The van der Waals surface area contributed by atoms with E-state index in [1.54, 1.807) is 32.4 Å². The van der Waals surface area contributed by atoms with E-state index < -0.39 is 46.9 Å². The summed E-state index contributed by atoms with van der Waals surface area (Å²) in [7, 11) is -10.1. The summed E-state index contributed by atoms with van der Waals surface area (Å²) in [5.41, 5.74) is 2.29. The van der Waals surface area contributed by atoms with Crippen LogP contribution in [0.1, 0.15) is 44.2 Å². The first kappa shape index (κ1) is 35.9. The topological polar surface area (TPSA) is 197 Å². The Kier molecular flexibility index (Phi) is 10.4. The fourth-order valence-electron chi connectivity index (χ4n) is 6.20. The van der Waals surface area contributed by atoms with Gasteiger partial charge in [-0.1, -0.05) is 6.08 Å². The molecule has 2 aromatic rings. The quantitative estimate of drug-likeness (QED) is 0.165. The number of methoxy groups -OCH3 is 2. The lowest BCUT2D eigenvalue weighted by Crippen LogP contribution is -2.32. The predicted molar refractivity (Wildman–Crippen MR) is 172 cm³/mol. The van der Waals surface area contributed by atoms with Crippen LogP contribution in [-0.2, 0) is 50.7 Å². The van der Waals surface area contributed by atoms with Crippen LogP contribution in [0.5, 0.6) is 0 Å². The average molecular weight is 700 g/mol. The van der Waals surface area contributed by atoms with Crippen molar-refractivity contribution in [3.05, 3.63) is 71.5 Å². The van der Waals surface area contributed by atoms with Crippen molar-refractivity contribution >= 4 is 47.4 Å². The Bertz CT molecular complexity index is 1940. The molecule has 2 heterocycles. The van der Waals surface area contributed by atoms with Gasteiger partial charge in [0.05, 0.1) is 21.0 Å². The van der Waals surface area contributed by atoms with Gasteiger partial charge in [-0.05, 0) is 75.1 Å². The number of rotatable bonds is 14. The number of hydrogen-bond acceptors (Lipinski definition) is 9. The molecule has 0 saturated heterocycles. The molecular formula is C30H39N2O11S3+. The van der Waals surface area contributed by atoms with E-state index in [4.69, 9.17) is 9.47 Å². The number of hydrogen-bond donors (Lipinski definition) is 4. The number of nitrogens with zero attached hydrogens (tertiary/aromatic N) is 1. The standard InChI is InChI=1S/C30H38N2O11S3/c1-29(14-16-42-3)23-19-21(45(36,37)38)9-11-25(23)31-27(29)7-5-8-28-30(2,13-6-18-44(33,34)35)24-20-22(46(39,40)41)10-12-26(24)32(28)15-17-43-4/h5,7-12,19-20H,6,13-18H2,1-4H3,(H3,33,34,35,36,37,38,39,40,41)/p+1. The Morgan fingerprint density at radius 1 is 0.826 bits per heavy atom. The van der Waals surface area contributed by atoms with Crippen LogP contribution in [0.15, 0.2) is 70.1 Å². The molecular weight excluding hydrogens is 661 g/mol. The van der Waals surface area contributed by atoms with Crippen molar-refractivity contribution < 1.29 is 53.0 Å². The molecule has 16 heteroatoms. The molecule has 0 spiro atoms. The molecule has 46 heavy (non-hydrogen) atoms. The smallest absolute Gasteiger partial charge is 0.294 e. The molecule has 2 aliphatic heterocycles. The van der Waals surface area contributed by atoms with Crippen LogP contribution in [0.25, 0.3) is 0 Å². The molecule has 0 aliphatic carbocycles. The highest BCUT2D eigenvalue weighted by molar-refractivity contribution is 7.86. The number of fused-ring (bicyclic) bond motifs is 2. The Morgan fingerprint density at radius 3 is 2.02 bits per heavy atom. The van der Waals surface area contributed by atoms with E-state index in [9.17, 15) is 38.9 Å². The minimum absolute atomic E-state index is 0.0590. The van der Waals surface area contributed by atoms with Crippen LogP contribution in [0.3, 0.4) is 0 Å². The highest BCUT2D eigenvalue weighted by Gasteiger charge is 2.48. The van der Waals surface area contributed by atoms with E-state index in [1.807, 2.05) is 30.6 Å². The summed E-state index contributed by atoms with van der Waals surface area (Å²) in [6.45, 7) is 4.80. The van der Waals surface area contributed by atoms with Crippen molar-refractivity contribution in [2.24, 2.45) is 0 Å². The van der Waals surface area contributed by atoms with Gasteiger partial charge in [-0.25, -0.2) is 0 Å². The third-order valence-electron chi connectivity index (χ3n) is 8.68. The van der Waals surface area contributed by atoms with Crippen LogP contribution in [0.2, 0.25) is 0 Å². The van der Waals surface area contributed by atoms with Gasteiger partial charge < -0.3 is 14.8 Å². The van der Waals surface area contributed by atoms with Gasteiger partial charge in [0.1, 0.15) is 6.61 Å². The molecule has 0 saturated carbocycles. The number of nitrogens with one attached hydrogen (secondary N) is 1. The average Bonchev–Trinajstić information content (AvgIpc) is 3.36. The summed E-state index contributed by atoms with van der Waals surface area (Å²) < 4.78 is 113. The van der Waals surface area contributed by atoms with Gasteiger partial charge in [-0.2, -0.15) is 29.8 Å². The molecule has 0 amide bonds. The molecule has 0 fully saturated rings. The van der Waals surface area contributed by atoms with Gasteiger partial charge in [0.25, 0.3) is 30.4 Å². The number of ether oxygens (including phenoxy) is 2. The highest BCUT2D eigenvalue weighted by Crippen LogP contribution is 2.47. The Morgan fingerprint density at radius 2 is 1.43 bits per heavy atom. The molecule has 2 atom stereocenters. The minimum Gasteiger partial charge on any atom is -0.385 e. The first-order chi connectivity index (χ1) is 21.3. The summed E-state index contributed by atoms with van der Waals surface area (Å²) in [5.74, 6) is -0.499. The van der Waals surface area contributed by atoms with Crippen LogP contribution < -0.4 is 5.32 Å². The third-order valence-corrected chi connectivity index (χ3v) is 11.2. The molecule has 2 unspecified atom stereocenters. The van der Waals surface area contributed by atoms with Crippen molar-refractivity contribution in [2.75, 3.05) is 45.0 Å². The van der Waals surface area contributed by atoms with Crippen LogP contribution >= 0.6 is 0 Å². The summed E-state index contributed by atoms with van der Waals surface area (Å²) >= 11 is 0. The summed E-state index contributed by atoms with van der Waals surface area (Å²) in [4.78, 5) is -0.538. The lowest BCUT2D eigenvalue weighted by Gasteiger charge is -2.26. The maximum absolute atomic E-state index is 12.1. The minimum atomic E-state index is -4.55. The van der Waals surface area contributed by atoms with E-state index in [-0.39, 0.29) is 22.6 Å². The molecule has 252 valence electrons. The van der Waals surface area contributed by atoms with Crippen LogP contribution in [0, 0.1) is 0 Å². The highest BCUT2D eigenvalue weighted by atomic mass is 32.2. The molecule has 13 nitrogen and oxygen atoms in total. The second-order valence-electron chi connectivity index (χ2n) is 11.7. The van der Waals surface area contributed by atoms with E-state index in [1.165, 1.54) is 24.3 Å². The summed E-state index contributed by atoms with van der Waals surface area (Å²) in [6, 6.07) is 8.59. The maximum Gasteiger partial charge on any atom is 0.294 e. The van der Waals surface area contributed by atoms with Gasteiger partial charge in [0.15, 0.2) is 12.3 Å². The fourth-order valence-corrected chi connectivity index (χ4v) is 7.72. The van der Waals surface area contributed by atoms with E-state index in [0.29, 0.717) is 54.4 Å². The molecule has 4 rings (SSSR count). The number of benzene rings is 2. The van der Waals surface area contributed by atoms with Crippen LogP contribution in [0.4, 0.5) is 11.4 Å². The zero-order valence-electron chi connectivity index (χ0n) is 25.9. The molecule has 4 N–H and O–H groups in total. The van der Waals surface area contributed by atoms with Crippen molar-refractivity contribution in [1.82, 2.24) is 0 Å². The van der Waals surface area contributed by atoms with Gasteiger partial charge >= 0.3 is 0 Å². The Hall–Kier alpha value is -2.96. The van der Waals surface area contributed by atoms with Crippen molar-refractivity contribution in [2.45, 2.75) is 53.7 Å². The van der Waals surface area contributed by atoms with Crippen molar-refractivity contribution in [3.8, 4) is 0 Å². The fraction of sp³-hybridized carbons (Fsp3) is 0.433. The van der Waals surface area contributed by atoms with Gasteiger partial charge in [-0.15, -0.1) is 0 Å².